The van der Waals surface area contributed by atoms with E-state index in [0.717, 1.165) is 17.8 Å². The van der Waals surface area contributed by atoms with Gasteiger partial charge in [-0.05, 0) is 103 Å². The molecule has 1 heterocycles. The third kappa shape index (κ3) is 2.30. The van der Waals surface area contributed by atoms with Gasteiger partial charge in [0.05, 0.1) is 0 Å². The molecule has 3 heteroatoms. The Morgan fingerprint density at radius 2 is 1.85 bits per heavy atom. The lowest BCUT2D eigenvalue weighted by molar-refractivity contribution is -0.0618. The molecule has 4 fully saturated rings. The van der Waals surface area contributed by atoms with E-state index in [9.17, 15) is 0 Å². The van der Waals surface area contributed by atoms with Gasteiger partial charge in [-0.2, -0.15) is 0 Å². The Bertz CT molecular complexity index is 460. The van der Waals surface area contributed by atoms with E-state index < -0.39 is 0 Å². The predicted molar refractivity (Wildman–Crippen MR) is 89.0 cm³/mol. The summed E-state index contributed by atoms with van der Waals surface area (Å²) in [7, 11) is 2.14. The van der Waals surface area contributed by atoms with Crippen LogP contribution in [0.4, 0.5) is 0 Å². The van der Waals surface area contributed by atoms with Crippen LogP contribution in [0.2, 0.25) is 0 Å². The molecule has 0 radical (unpaired) electrons. The van der Waals surface area contributed by atoms with Gasteiger partial charge in [0.2, 0.25) is 0 Å². The molecule has 0 aliphatic heterocycles. The summed E-state index contributed by atoms with van der Waals surface area (Å²) < 4.78 is 1.30. The number of hydrogen-bond acceptors (Lipinski definition) is 2. The smallest absolute Gasteiger partial charge is 0.0429 e. The molecule has 1 atom stereocenters. The molecule has 20 heavy (non-hydrogen) atoms. The molecular weight excluding hydrogens is 330 g/mol. The summed E-state index contributed by atoms with van der Waals surface area (Å²) in [6.45, 7) is 0. The average Bonchev–Trinajstić information content (AvgIpc) is 2.80. The van der Waals surface area contributed by atoms with Crippen LogP contribution in [0.1, 0.15) is 55.9 Å². The average molecular weight is 354 g/mol. The first-order valence-electron chi connectivity index (χ1n) is 8.07. The fourth-order valence-corrected chi connectivity index (χ4v) is 7.61. The molecule has 4 saturated carbocycles. The fourth-order valence-electron chi connectivity index (χ4n) is 5.85. The largest absolute Gasteiger partial charge is 0.312 e. The first kappa shape index (κ1) is 13.8. The van der Waals surface area contributed by atoms with E-state index in [1.165, 1.54) is 35.0 Å². The minimum absolute atomic E-state index is 0.542. The molecule has 4 aliphatic carbocycles. The predicted octanol–water partition coefficient (Wildman–Crippen LogP) is 5.38. The number of nitrogens with one attached hydrogen (secondary N) is 1. The Morgan fingerprint density at radius 1 is 1.25 bits per heavy atom. The second-order valence-corrected chi connectivity index (χ2v) is 9.40. The zero-order chi connectivity index (χ0) is 13.7. The lowest BCUT2D eigenvalue weighted by atomic mass is 9.48. The van der Waals surface area contributed by atoms with E-state index in [2.05, 4.69) is 39.7 Å². The normalized spacial score (nSPS) is 40.2. The third-order valence-corrected chi connectivity index (χ3v) is 8.10. The van der Waals surface area contributed by atoms with Crippen molar-refractivity contribution in [1.29, 1.82) is 0 Å². The van der Waals surface area contributed by atoms with Crippen molar-refractivity contribution in [1.82, 2.24) is 5.32 Å². The molecule has 4 bridgehead atoms. The highest BCUT2D eigenvalue weighted by Crippen LogP contribution is 2.62. The SMILES string of the molecule is CNC(CC12CC3CC(CC(C3)C1)C2)c1sccc1Br. The van der Waals surface area contributed by atoms with Gasteiger partial charge < -0.3 is 5.32 Å². The van der Waals surface area contributed by atoms with Crippen molar-refractivity contribution >= 4 is 27.3 Å². The molecule has 0 saturated heterocycles. The van der Waals surface area contributed by atoms with E-state index in [1.807, 2.05) is 11.3 Å². The molecule has 110 valence electrons. The topological polar surface area (TPSA) is 12.0 Å². The van der Waals surface area contributed by atoms with E-state index >= 15 is 0 Å². The number of halogens is 1. The summed E-state index contributed by atoms with van der Waals surface area (Å²) in [4.78, 5) is 1.50. The van der Waals surface area contributed by atoms with Crippen molar-refractivity contribution in [2.45, 2.75) is 51.0 Å². The van der Waals surface area contributed by atoms with Crippen LogP contribution in [0.25, 0.3) is 0 Å². The van der Waals surface area contributed by atoms with Gasteiger partial charge in [0, 0.05) is 15.4 Å². The van der Waals surface area contributed by atoms with Crippen LogP contribution in [-0.2, 0) is 0 Å². The lowest BCUT2D eigenvalue weighted by Gasteiger charge is -2.57. The zero-order valence-corrected chi connectivity index (χ0v) is 14.6. The van der Waals surface area contributed by atoms with Gasteiger partial charge in [0.1, 0.15) is 0 Å². The van der Waals surface area contributed by atoms with E-state index in [-0.39, 0.29) is 0 Å². The van der Waals surface area contributed by atoms with Crippen LogP contribution >= 0.6 is 27.3 Å². The van der Waals surface area contributed by atoms with Crippen molar-refractivity contribution in [3.8, 4) is 0 Å². The molecular formula is C17H24BrNS. The fraction of sp³-hybridized carbons (Fsp3) is 0.765. The second kappa shape index (κ2) is 5.10. The van der Waals surface area contributed by atoms with Crippen LogP contribution in [-0.4, -0.2) is 7.05 Å². The summed E-state index contributed by atoms with van der Waals surface area (Å²) in [5.74, 6) is 3.18. The van der Waals surface area contributed by atoms with Crippen molar-refractivity contribution in [3.63, 3.8) is 0 Å². The quantitative estimate of drug-likeness (QED) is 0.766. The second-order valence-electron chi connectivity index (χ2n) is 7.60. The highest BCUT2D eigenvalue weighted by Gasteiger charge is 2.51. The Hall–Kier alpha value is 0.140. The molecule has 1 aromatic heterocycles. The third-order valence-electron chi connectivity index (χ3n) is 6.11. The first-order valence-corrected chi connectivity index (χ1v) is 9.75. The summed E-state index contributed by atoms with van der Waals surface area (Å²) in [5.41, 5.74) is 0.659. The number of rotatable bonds is 4. The van der Waals surface area contributed by atoms with Gasteiger partial charge in [-0.3, -0.25) is 0 Å². The zero-order valence-electron chi connectivity index (χ0n) is 12.2. The van der Waals surface area contributed by atoms with Crippen LogP contribution < -0.4 is 5.32 Å². The molecule has 1 aromatic rings. The molecule has 1 unspecified atom stereocenters. The van der Waals surface area contributed by atoms with Crippen LogP contribution in [0, 0.1) is 23.2 Å². The van der Waals surface area contributed by atoms with Crippen LogP contribution in [0.3, 0.4) is 0 Å². The standard InChI is InChI=1S/C17H24BrNS/c1-19-15(16-14(18)2-3-20-16)10-17-7-11-4-12(8-17)6-13(5-11)9-17/h2-3,11-13,15,19H,4-10H2,1H3. The molecule has 0 aromatic carbocycles. The Balaban J connectivity index is 1.57. The van der Waals surface area contributed by atoms with Gasteiger partial charge in [-0.25, -0.2) is 0 Å². The van der Waals surface area contributed by atoms with Crippen molar-refractivity contribution in [3.05, 3.63) is 20.8 Å². The maximum absolute atomic E-state index is 3.73. The maximum Gasteiger partial charge on any atom is 0.0429 e. The van der Waals surface area contributed by atoms with Gasteiger partial charge in [0.15, 0.2) is 0 Å². The van der Waals surface area contributed by atoms with E-state index in [4.69, 9.17) is 0 Å². The van der Waals surface area contributed by atoms with E-state index in [0.29, 0.717) is 11.5 Å². The Labute approximate surface area is 134 Å². The first-order chi connectivity index (χ1) is 9.67. The van der Waals surface area contributed by atoms with Gasteiger partial charge >= 0.3 is 0 Å². The molecule has 4 aliphatic rings. The van der Waals surface area contributed by atoms with Gasteiger partial charge in [-0.15, -0.1) is 11.3 Å². The highest BCUT2D eigenvalue weighted by atomic mass is 79.9. The number of thiophene rings is 1. The maximum atomic E-state index is 3.73. The summed E-state index contributed by atoms with van der Waals surface area (Å²) in [5, 5.41) is 5.81. The van der Waals surface area contributed by atoms with E-state index in [1.54, 1.807) is 19.3 Å². The molecule has 5 rings (SSSR count). The minimum atomic E-state index is 0.542. The van der Waals surface area contributed by atoms with Gasteiger partial charge in [-0.1, -0.05) is 0 Å². The van der Waals surface area contributed by atoms with Gasteiger partial charge in [0.25, 0.3) is 0 Å². The van der Waals surface area contributed by atoms with Crippen molar-refractivity contribution < 1.29 is 0 Å². The molecule has 1 N–H and O–H groups in total. The van der Waals surface area contributed by atoms with Crippen molar-refractivity contribution in [2.24, 2.45) is 23.2 Å². The number of hydrogen-bond donors (Lipinski definition) is 1. The minimum Gasteiger partial charge on any atom is -0.312 e. The highest BCUT2D eigenvalue weighted by molar-refractivity contribution is 9.10. The Kier molecular flexibility index (Phi) is 3.51. The van der Waals surface area contributed by atoms with Crippen LogP contribution in [0.5, 0.6) is 0 Å². The Morgan fingerprint density at radius 3 is 2.30 bits per heavy atom. The molecule has 1 nitrogen and oxygen atoms in total. The lowest BCUT2D eigenvalue weighted by Crippen LogP contribution is -2.47. The summed E-state index contributed by atoms with van der Waals surface area (Å²) in [6, 6.07) is 2.74. The van der Waals surface area contributed by atoms with Crippen molar-refractivity contribution in [2.75, 3.05) is 7.05 Å². The molecule has 0 spiro atoms. The summed E-state index contributed by atoms with van der Waals surface area (Å²) >= 11 is 5.63. The van der Waals surface area contributed by atoms with Crippen LogP contribution in [0.15, 0.2) is 15.9 Å². The molecule has 0 amide bonds. The monoisotopic (exact) mass is 353 g/mol. The summed E-state index contributed by atoms with van der Waals surface area (Å²) in [6.07, 6.45) is 10.5.